The van der Waals surface area contributed by atoms with Crippen molar-refractivity contribution in [2.75, 3.05) is 6.61 Å². The van der Waals surface area contributed by atoms with E-state index in [4.69, 9.17) is 14.5 Å². The fourth-order valence-corrected chi connectivity index (χ4v) is 11.5. The van der Waals surface area contributed by atoms with Crippen LogP contribution in [0.15, 0.2) is 30.1 Å². The van der Waals surface area contributed by atoms with E-state index in [1.165, 1.54) is 68.0 Å². The highest BCUT2D eigenvalue weighted by atomic mass is 16.7. The van der Waals surface area contributed by atoms with Crippen LogP contribution in [0, 0.1) is 60.2 Å². The molecule has 1 aromatic carbocycles. The second-order valence-electron chi connectivity index (χ2n) is 15.8. The van der Waals surface area contributed by atoms with Gasteiger partial charge in [-0.05, 0) is 129 Å². The summed E-state index contributed by atoms with van der Waals surface area (Å²) in [6, 6.07) is 5.16. The maximum atomic E-state index is 7.00. The predicted octanol–water partition coefficient (Wildman–Crippen LogP) is 8.56. The van der Waals surface area contributed by atoms with Gasteiger partial charge in [-0.3, -0.25) is 0 Å². The summed E-state index contributed by atoms with van der Waals surface area (Å²) >= 11 is 0. The monoisotopic (exact) mass is 542 g/mol. The summed E-state index contributed by atoms with van der Waals surface area (Å²) in [7, 11) is 0. The number of aromatic nitrogens is 2. The highest BCUT2D eigenvalue weighted by Crippen LogP contribution is 2.71. The molecule has 2 aromatic rings. The van der Waals surface area contributed by atoms with Gasteiger partial charge in [0.2, 0.25) is 0 Å². The van der Waals surface area contributed by atoms with Crippen molar-refractivity contribution >= 4 is 11.0 Å². The van der Waals surface area contributed by atoms with E-state index in [2.05, 4.69) is 70.6 Å². The van der Waals surface area contributed by atoms with E-state index in [-0.39, 0.29) is 5.79 Å². The van der Waals surface area contributed by atoms with Gasteiger partial charge in [0.25, 0.3) is 0 Å². The maximum absolute atomic E-state index is 7.00. The van der Waals surface area contributed by atoms with E-state index in [9.17, 15) is 0 Å². The topological polar surface area (TPSA) is 36.3 Å². The maximum Gasteiger partial charge on any atom is 0.171 e. The Hall–Kier alpha value is -1.65. The zero-order valence-corrected chi connectivity index (χ0v) is 25.7. The van der Waals surface area contributed by atoms with Gasteiger partial charge in [0.05, 0.1) is 30.1 Å². The largest absolute Gasteiger partial charge is 0.349 e. The lowest BCUT2D eigenvalue weighted by Gasteiger charge is -2.58. The van der Waals surface area contributed by atoms with Crippen molar-refractivity contribution in [2.45, 2.75) is 117 Å². The third-order valence-corrected chi connectivity index (χ3v) is 13.9. The second kappa shape index (κ2) is 8.69. The molecule has 4 aliphatic carbocycles. The number of hydrogen-bond donors (Lipinski definition) is 0. The van der Waals surface area contributed by atoms with Crippen LogP contribution in [0.4, 0.5) is 0 Å². The molecule has 0 N–H and O–H groups in total. The fourth-order valence-electron chi connectivity index (χ4n) is 11.5. The van der Waals surface area contributed by atoms with E-state index in [1.54, 1.807) is 5.57 Å². The summed E-state index contributed by atoms with van der Waals surface area (Å²) in [6.45, 7) is 15.4. The average Bonchev–Trinajstić information content (AvgIpc) is 3.55. The zero-order chi connectivity index (χ0) is 27.6. The average molecular weight is 543 g/mol. The van der Waals surface area contributed by atoms with E-state index < -0.39 is 0 Å². The Morgan fingerprint density at radius 1 is 0.975 bits per heavy atom. The summed E-state index contributed by atoms with van der Waals surface area (Å²) in [5.74, 6) is 3.96. The van der Waals surface area contributed by atoms with Crippen LogP contribution in [0.5, 0.6) is 0 Å². The number of rotatable bonds is 1. The van der Waals surface area contributed by atoms with Crippen molar-refractivity contribution in [1.29, 1.82) is 0 Å². The first kappa shape index (κ1) is 26.0. The van der Waals surface area contributed by atoms with Gasteiger partial charge in [0.1, 0.15) is 0 Å². The van der Waals surface area contributed by atoms with Crippen molar-refractivity contribution in [3.63, 3.8) is 0 Å². The first-order valence-corrected chi connectivity index (χ1v) is 16.6. The molecule has 0 bridgehead atoms. The second-order valence-corrected chi connectivity index (χ2v) is 15.8. The third-order valence-electron chi connectivity index (χ3n) is 13.9. The van der Waals surface area contributed by atoms with E-state index in [0.29, 0.717) is 40.7 Å². The third kappa shape index (κ3) is 3.41. The van der Waals surface area contributed by atoms with Crippen molar-refractivity contribution in [3.05, 3.63) is 41.2 Å². The lowest BCUT2D eigenvalue weighted by atomic mass is 9.46. The first-order valence-electron chi connectivity index (χ1n) is 16.6. The van der Waals surface area contributed by atoms with Crippen molar-refractivity contribution in [1.82, 2.24) is 9.55 Å². The molecule has 5 fully saturated rings. The molecule has 6 aliphatic rings. The highest BCUT2D eigenvalue weighted by Gasteiger charge is 2.68. The number of aryl methyl sites for hydroxylation is 2. The molecule has 3 heterocycles. The van der Waals surface area contributed by atoms with Gasteiger partial charge >= 0.3 is 0 Å². The molecular weight excluding hydrogens is 492 g/mol. The normalized spacial score (nSPS) is 48.0. The molecule has 11 atom stereocenters. The van der Waals surface area contributed by atoms with Crippen LogP contribution in [-0.2, 0) is 9.47 Å². The van der Waals surface area contributed by atoms with Crippen LogP contribution < -0.4 is 0 Å². The quantitative estimate of drug-likeness (QED) is 0.339. The molecule has 1 spiro atoms. The number of imidazole rings is 1. The molecule has 216 valence electrons. The molecule has 2 saturated heterocycles. The molecule has 4 heteroatoms. The lowest BCUT2D eigenvalue weighted by Crippen LogP contribution is -2.52. The minimum absolute atomic E-state index is 0.300. The first-order chi connectivity index (χ1) is 19.1. The number of nitrogens with zero attached hydrogens (tertiary/aromatic N) is 2. The Labute approximate surface area is 241 Å². The molecule has 2 aliphatic heterocycles. The Kier molecular flexibility index (Phi) is 5.65. The zero-order valence-electron chi connectivity index (χ0n) is 25.7. The summed E-state index contributed by atoms with van der Waals surface area (Å²) in [6.07, 6.45) is 16.7. The minimum atomic E-state index is -0.300. The Morgan fingerprint density at radius 3 is 2.60 bits per heavy atom. The van der Waals surface area contributed by atoms with Crippen LogP contribution >= 0.6 is 0 Å². The van der Waals surface area contributed by atoms with E-state index >= 15 is 0 Å². The number of hydrogen-bond acceptors (Lipinski definition) is 3. The molecule has 1 aromatic heterocycles. The number of ether oxygens (including phenoxy) is 2. The molecule has 4 nitrogen and oxygen atoms in total. The van der Waals surface area contributed by atoms with Crippen molar-refractivity contribution in [2.24, 2.45) is 46.3 Å². The van der Waals surface area contributed by atoms with Crippen LogP contribution in [-0.4, -0.2) is 28.0 Å². The van der Waals surface area contributed by atoms with Gasteiger partial charge < -0.3 is 14.0 Å². The Bertz CT molecular complexity index is 1370. The summed E-state index contributed by atoms with van der Waals surface area (Å²) in [4.78, 5) is 4.82. The fraction of sp³-hybridized carbons (Fsp3) is 0.750. The van der Waals surface area contributed by atoms with Gasteiger partial charge in [-0.15, -0.1) is 0 Å². The predicted molar refractivity (Wildman–Crippen MR) is 160 cm³/mol. The standard InChI is InChI=1S/C36H50N2O2/c1-21-9-14-36(39-19-21)24(4)33-32(40-36)18-29-27-8-7-25-17-26(10-12-34(25,5)28(27)11-13-35(29,33)6)38-20-37-30-15-22(2)23(3)16-31(30)38/h7,15-16,20-21,24,26-29,32-33H,8-14,17-19H2,1-6H3/t21-,24+,26-,27-,28+,29+,32+,33+,34+,35+,36-/m1/s1. The van der Waals surface area contributed by atoms with Gasteiger partial charge in [0.15, 0.2) is 5.79 Å². The summed E-state index contributed by atoms with van der Waals surface area (Å²) in [5, 5.41) is 0. The smallest absolute Gasteiger partial charge is 0.171 e. The number of benzene rings is 1. The van der Waals surface area contributed by atoms with Gasteiger partial charge in [-0.2, -0.15) is 0 Å². The Balaban J connectivity index is 1.05. The molecule has 40 heavy (non-hydrogen) atoms. The van der Waals surface area contributed by atoms with E-state index in [1.807, 2.05) is 0 Å². The molecule has 3 saturated carbocycles. The molecule has 0 unspecified atom stereocenters. The molecule has 0 amide bonds. The van der Waals surface area contributed by atoms with Crippen molar-refractivity contribution < 1.29 is 9.47 Å². The lowest BCUT2D eigenvalue weighted by molar-refractivity contribution is -0.272. The van der Waals surface area contributed by atoms with Crippen LogP contribution in [0.1, 0.15) is 103 Å². The van der Waals surface area contributed by atoms with Gasteiger partial charge in [-0.25, -0.2) is 4.98 Å². The SMILES string of the molecule is Cc1cc2ncn([C@@H]3CC[C@@]4(C)C(=CC[C@H]5[C@@H]6C[C@@H]7O[C@]8(CC[C@@H](C)CO8)[C@@H](C)[C@@H]7[C@@]6(C)CC[C@@H]54)C3)c2cc1C. The summed E-state index contributed by atoms with van der Waals surface area (Å²) in [5.41, 5.74) is 7.69. The van der Waals surface area contributed by atoms with E-state index in [0.717, 1.165) is 36.3 Å². The molecule has 0 radical (unpaired) electrons. The van der Waals surface area contributed by atoms with Crippen LogP contribution in [0.25, 0.3) is 11.0 Å². The van der Waals surface area contributed by atoms with Gasteiger partial charge in [-0.1, -0.05) is 39.3 Å². The van der Waals surface area contributed by atoms with Gasteiger partial charge in [0, 0.05) is 18.4 Å². The minimum Gasteiger partial charge on any atom is -0.349 e. The van der Waals surface area contributed by atoms with Crippen molar-refractivity contribution in [3.8, 4) is 0 Å². The molecular formula is C36H50N2O2. The molecule has 8 rings (SSSR count). The number of fused-ring (bicyclic) bond motifs is 8. The highest BCUT2D eigenvalue weighted by molar-refractivity contribution is 5.77. The summed E-state index contributed by atoms with van der Waals surface area (Å²) < 4.78 is 16.1. The van der Waals surface area contributed by atoms with Crippen LogP contribution in [0.2, 0.25) is 0 Å². The Morgan fingerprint density at radius 2 is 1.80 bits per heavy atom. The number of allylic oxidation sites excluding steroid dienone is 2. The van der Waals surface area contributed by atoms with Crippen LogP contribution in [0.3, 0.4) is 0 Å².